The lowest BCUT2D eigenvalue weighted by molar-refractivity contribution is -0.161. The highest BCUT2D eigenvalue weighted by Crippen LogP contribution is 2.45. The van der Waals surface area contributed by atoms with Crippen LogP contribution in [0.3, 0.4) is 0 Å². The van der Waals surface area contributed by atoms with Crippen LogP contribution >= 0.6 is 15.6 Å². The summed E-state index contributed by atoms with van der Waals surface area (Å²) in [6, 6.07) is 0. The molecule has 0 heterocycles. The van der Waals surface area contributed by atoms with Crippen molar-refractivity contribution < 1.29 is 80.2 Å². The number of aliphatic hydroxyl groups excluding tert-OH is 1. The van der Waals surface area contributed by atoms with Gasteiger partial charge in [0.15, 0.2) is 12.2 Å². The molecular weight excluding hydrogens is 1080 g/mol. The predicted molar refractivity (Wildman–Crippen MR) is 321 cm³/mol. The number of aliphatic hydroxyl groups is 1. The monoisotopic (exact) mass is 1200 g/mol. The second-order valence-corrected chi connectivity index (χ2v) is 26.8. The summed E-state index contributed by atoms with van der Waals surface area (Å²) in [6.45, 7) is 13.9. The van der Waals surface area contributed by atoms with Crippen LogP contribution in [0.15, 0.2) is 0 Å². The van der Waals surface area contributed by atoms with Gasteiger partial charge in [0.1, 0.15) is 19.3 Å². The number of phosphoric ester groups is 2. The molecule has 0 aromatic heterocycles. The number of ether oxygens (including phenoxy) is 4. The van der Waals surface area contributed by atoms with Gasteiger partial charge in [0, 0.05) is 25.7 Å². The van der Waals surface area contributed by atoms with E-state index in [0.29, 0.717) is 37.5 Å². The third kappa shape index (κ3) is 54.5. The molecule has 0 rings (SSSR count). The first kappa shape index (κ1) is 79.1. The minimum atomic E-state index is -4.94. The van der Waals surface area contributed by atoms with E-state index in [1.165, 1.54) is 83.5 Å². The molecule has 19 heteroatoms. The molecule has 0 aliphatic rings. The topological polar surface area (TPSA) is 237 Å². The standard InChI is InChI=1S/C62H120O17P2/c1-9-54(7)40-32-24-15-11-12-16-28-36-44-61(66)78-57(48-72-59(64)42-34-26-20-18-23-31-39-53(5)6)50-76-80(68,69)74-46-56(63)47-75-81(70,71)77-51-58(79-62(67)45-37-29-17-13-14-22-30-38-52(3)4)49-73-60(65)43-35-27-21-19-25-33-41-55(8)10-2/h52-58,63H,9-51H2,1-8H3,(H,68,69)(H,70,71)/t54?,55?,56-,57+,58+/m0/s1. The van der Waals surface area contributed by atoms with Crippen LogP contribution in [0.4, 0.5) is 0 Å². The van der Waals surface area contributed by atoms with Crippen molar-refractivity contribution in [1.82, 2.24) is 0 Å². The van der Waals surface area contributed by atoms with E-state index in [0.717, 1.165) is 115 Å². The second-order valence-electron chi connectivity index (χ2n) is 23.9. The van der Waals surface area contributed by atoms with Gasteiger partial charge in [0.05, 0.1) is 26.4 Å². The molecule has 4 unspecified atom stereocenters. The number of hydrogen-bond acceptors (Lipinski definition) is 15. The molecular formula is C62H120O17P2. The van der Waals surface area contributed by atoms with Gasteiger partial charge in [-0.15, -0.1) is 0 Å². The average Bonchev–Trinajstić information content (AvgIpc) is 3.42. The zero-order chi connectivity index (χ0) is 60.4. The second kappa shape index (κ2) is 52.4. The number of carbonyl (C=O) groups is 4. The van der Waals surface area contributed by atoms with Crippen LogP contribution < -0.4 is 0 Å². The maximum atomic E-state index is 12.9. The van der Waals surface area contributed by atoms with Crippen LogP contribution in [0, 0.1) is 23.7 Å². The summed E-state index contributed by atoms with van der Waals surface area (Å²) in [5.41, 5.74) is 0. The molecule has 81 heavy (non-hydrogen) atoms. The zero-order valence-corrected chi connectivity index (χ0v) is 54.2. The van der Waals surface area contributed by atoms with Crippen LogP contribution in [0.2, 0.25) is 0 Å². The van der Waals surface area contributed by atoms with Gasteiger partial charge in [-0.05, 0) is 49.4 Å². The Kier molecular flexibility index (Phi) is 51.1. The number of phosphoric acid groups is 2. The smallest absolute Gasteiger partial charge is 0.462 e. The third-order valence-electron chi connectivity index (χ3n) is 14.8. The summed E-state index contributed by atoms with van der Waals surface area (Å²) >= 11 is 0. The Morgan fingerprint density at radius 2 is 0.593 bits per heavy atom. The number of hydrogen-bond donors (Lipinski definition) is 3. The Balaban J connectivity index is 5.26. The van der Waals surface area contributed by atoms with E-state index in [4.69, 9.17) is 37.0 Å². The van der Waals surface area contributed by atoms with Gasteiger partial charge in [-0.1, -0.05) is 242 Å². The zero-order valence-electron chi connectivity index (χ0n) is 52.4. The first-order valence-electron chi connectivity index (χ1n) is 32.3. The third-order valence-corrected chi connectivity index (χ3v) is 16.7. The van der Waals surface area contributed by atoms with Crippen molar-refractivity contribution in [3.8, 4) is 0 Å². The van der Waals surface area contributed by atoms with E-state index >= 15 is 0 Å². The molecule has 7 atom stereocenters. The summed E-state index contributed by atoms with van der Waals surface area (Å²) < 4.78 is 67.9. The van der Waals surface area contributed by atoms with E-state index in [1.54, 1.807) is 0 Å². The quantitative estimate of drug-likeness (QED) is 0.0222. The molecule has 0 spiro atoms. The molecule has 480 valence electrons. The SMILES string of the molecule is CCC(C)CCCCCCCCCCC(=O)O[C@H](COC(=O)CCCCCCCCC(C)C)COP(=O)(O)OC[C@H](O)COP(=O)(O)OC[C@@H](COC(=O)CCCCCCCCC(C)CC)OC(=O)CCCCCCCCCC(C)C. The van der Waals surface area contributed by atoms with E-state index in [1.807, 2.05) is 0 Å². The fourth-order valence-corrected chi connectivity index (χ4v) is 10.6. The maximum absolute atomic E-state index is 12.9. The number of rotatable bonds is 59. The summed E-state index contributed by atoms with van der Waals surface area (Å²) in [4.78, 5) is 72.1. The van der Waals surface area contributed by atoms with Crippen molar-refractivity contribution in [2.45, 2.75) is 311 Å². The van der Waals surface area contributed by atoms with E-state index in [-0.39, 0.29) is 25.7 Å². The van der Waals surface area contributed by atoms with Crippen molar-refractivity contribution in [1.29, 1.82) is 0 Å². The van der Waals surface area contributed by atoms with E-state index < -0.39 is 97.5 Å². The summed E-state index contributed by atoms with van der Waals surface area (Å²) in [5, 5.41) is 10.5. The Hall–Kier alpha value is -1.94. The molecule has 3 N–H and O–H groups in total. The molecule has 0 aliphatic heterocycles. The van der Waals surface area contributed by atoms with Crippen LogP contribution in [0.5, 0.6) is 0 Å². The van der Waals surface area contributed by atoms with E-state index in [9.17, 15) is 43.2 Å². The Labute approximate surface area is 492 Å². The average molecular weight is 1200 g/mol. The Bertz CT molecular complexity index is 1630. The van der Waals surface area contributed by atoms with Crippen molar-refractivity contribution in [2.24, 2.45) is 23.7 Å². The molecule has 0 aromatic rings. The van der Waals surface area contributed by atoms with Crippen LogP contribution in [0.1, 0.15) is 293 Å². The van der Waals surface area contributed by atoms with Gasteiger partial charge >= 0.3 is 39.5 Å². The first-order valence-corrected chi connectivity index (χ1v) is 35.3. The van der Waals surface area contributed by atoms with Gasteiger partial charge in [-0.2, -0.15) is 0 Å². The maximum Gasteiger partial charge on any atom is 0.472 e. The summed E-state index contributed by atoms with van der Waals surface area (Å²) in [5.74, 6) is 0.729. The van der Waals surface area contributed by atoms with E-state index in [2.05, 4.69) is 55.4 Å². The van der Waals surface area contributed by atoms with Gasteiger partial charge in [0.25, 0.3) is 0 Å². The Morgan fingerprint density at radius 1 is 0.346 bits per heavy atom. The van der Waals surface area contributed by atoms with Crippen molar-refractivity contribution in [3.05, 3.63) is 0 Å². The predicted octanol–water partition coefficient (Wildman–Crippen LogP) is 16.6. The fourth-order valence-electron chi connectivity index (χ4n) is 9.01. The molecule has 0 saturated carbocycles. The minimum Gasteiger partial charge on any atom is -0.462 e. The van der Waals surface area contributed by atoms with Crippen LogP contribution in [-0.2, 0) is 65.4 Å². The van der Waals surface area contributed by atoms with Crippen molar-refractivity contribution in [3.63, 3.8) is 0 Å². The largest absolute Gasteiger partial charge is 0.472 e. The highest BCUT2D eigenvalue weighted by atomic mass is 31.2. The first-order chi connectivity index (χ1) is 38.7. The number of carbonyl (C=O) groups excluding carboxylic acids is 4. The van der Waals surface area contributed by atoms with Gasteiger partial charge in [-0.3, -0.25) is 37.3 Å². The molecule has 0 fully saturated rings. The highest BCUT2D eigenvalue weighted by molar-refractivity contribution is 7.47. The molecule has 0 aliphatic carbocycles. The summed E-state index contributed by atoms with van der Waals surface area (Å²) in [7, 11) is -9.89. The van der Waals surface area contributed by atoms with Crippen molar-refractivity contribution in [2.75, 3.05) is 39.6 Å². The lowest BCUT2D eigenvalue weighted by Gasteiger charge is -2.21. The molecule has 0 saturated heterocycles. The molecule has 0 amide bonds. The van der Waals surface area contributed by atoms with Gasteiger partial charge in [-0.25, -0.2) is 9.13 Å². The molecule has 0 radical (unpaired) electrons. The lowest BCUT2D eigenvalue weighted by atomic mass is 9.99. The number of esters is 4. The normalized spacial score (nSPS) is 15.2. The minimum absolute atomic E-state index is 0.102. The van der Waals surface area contributed by atoms with Crippen LogP contribution in [0.25, 0.3) is 0 Å². The lowest BCUT2D eigenvalue weighted by Crippen LogP contribution is -2.30. The number of unbranched alkanes of at least 4 members (excludes halogenated alkanes) is 23. The van der Waals surface area contributed by atoms with Crippen molar-refractivity contribution >= 4 is 39.5 Å². The highest BCUT2D eigenvalue weighted by Gasteiger charge is 2.30. The summed E-state index contributed by atoms with van der Waals surface area (Å²) in [6.07, 6.45) is 30.9. The molecule has 0 aromatic carbocycles. The van der Waals surface area contributed by atoms with Crippen LogP contribution in [-0.4, -0.2) is 96.7 Å². The van der Waals surface area contributed by atoms with Gasteiger partial charge < -0.3 is 33.8 Å². The molecule has 0 bridgehead atoms. The molecule has 17 nitrogen and oxygen atoms in total. The van der Waals surface area contributed by atoms with Gasteiger partial charge in [0.2, 0.25) is 0 Å². The fraction of sp³-hybridized carbons (Fsp3) is 0.935. The Morgan fingerprint density at radius 3 is 0.877 bits per heavy atom.